The molecule has 0 aromatic heterocycles. The topological polar surface area (TPSA) is 82.8 Å². The van der Waals surface area contributed by atoms with Gasteiger partial charge in [0.1, 0.15) is 23.1 Å². The van der Waals surface area contributed by atoms with E-state index in [4.69, 9.17) is 9.47 Å². The van der Waals surface area contributed by atoms with Crippen LogP contribution in [0.1, 0.15) is 36.3 Å². The molecule has 2 N–H and O–H groups in total. The smallest absolute Gasteiger partial charge is 0.161 e. The summed E-state index contributed by atoms with van der Waals surface area (Å²) in [6.45, 7) is 0. The van der Waals surface area contributed by atoms with Gasteiger partial charge in [0, 0.05) is 44.6 Å². The first-order valence-corrected chi connectivity index (χ1v) is 12.8. The number of benzene rings is 3. The van der Waals surface area contributed by atoms with Crippen LogP contribution in [0.2, 0.25) is 0 Å². The van der Waals surface area contributed by atoms with Crippen molar-refractivity contribution in [1.29, 1.82) is 5.41 Å². The van der Waals surface area contributed by atoms with Gasteiger partial charge in [-0.05, 0) is 55.3 Å². The number of hydrogen-bond acceptors (Lipinski definition) is 5. The molecule has 0 spiro atoms. The third-order valence-electron chi connectivity index (χ3n) is 6.89. The molecule has 3 aromatic carbocycles. The summed E-state index contributed by atoms with van der Waals surface area (Å²) in [5.74, 6) is 0.525. The van der Waals surface area contributed by atoms with Gasteiger partial charge in [-0.2, -0.15) is 0 Å². The molecule has 1 aliphatic heterocycles. The average molecular weight is 559 g/mol. The second-order valence-electron chi connectivity index (χ2n) is 8.97. The van der Waals surface area contributed by atoms with Crippen LogP contribution < -0.4 is 14.4 Å². The molecular formula is C30H27BrN2O4. The maximum Gasteiger partial charge on any atom is 0.161 e. The summed E-state index contributed by atoms with van der Waals surface area (Å²) in [5.41, 5.74) is 3.69. The van der Waals surface area contributed by atoms with Crippen molar-refractivity contribution in [3.05, 3.63) is 105 Å². The zero-order valence-electron chi connectivity index (χ0n) is 20.6. The van der Waals surface area contributed by atoms with Gasteiger partial charge in [0.05, 0.1) is 20.1 Å². The van der Waals surface area contributed by atoms with Crippen LogP contribution in [0.25, 0.3) is 5.76 Å². The van der Waals surface area contributed by atoms with Gasteiger partial charge in [0.15, 0.2) is 5.78 Å². The van der Waals surface area contributed by atoms with E-state index in [2.05, 4.69) is 15.9 Å². The fraction of sp³-hybridized carbons (Fsp3) is 0.200. The summed E-state index contributed by atoms with van der Waals surface area (Å²) in [5, 5.41) is 21.2. The first kappa shape index (κ1) is 24.8. The Balaban J connectivity index is 1.86. The number of ketones is 1. The Bertz CT molecular complexity index is 1430. The Morgan fingerprint density at radius 3 is 2.41 bits per heavy atom. The molecule has 7 heteroatoms. The van der Waals surface area contributed by atoms with Crippen molar-refractivity contribution in [2.45, 2.75) is 25.2 Å². The summed E-state index contributed by atoms with van der Waals surface area (Å²) in [6.07, 6.45) is 1.74. The number of nitrogens with zero attached hydrogens (tertiary/aromatic N) is 1. The monoisotopic (exact) mass is 558 g/mol. The Kier molecular flexibility index (Phi) is 6.89. The van der Waals surface area contributed by atoms with Gasteiger partial charge in [0.25, 0.3) is 0 Å². The number of rotatable bonds is 5. The molecule has 6 nitrogen and oxygen atoms in total. The summed E-state index contributed by atoms with van der Waals surface area (Å²) < 4.78 is 12.1. The quantitative estimate of drug-likeness (QED) is 0.328. The Labute approximate surface area is 224 Å². The van der Waals surface area contributed by atoms with Gasteiger partial charge in [-0.15, -0.1) is 0 Å². The van der Waals surface area contributed by atoms with Gasteiger partial charge in [-0.1, -0.05) is 46.3 Å². The van der Waals surface area contributed by atoms with Crippen molar-refractivity contribution in [3.63, 3.8) is 0 Å². The zero-order valence-corrected chi connectivity index (χ0v) is 22.2. The summed E-state index contributed by atoms with van der Waals surface area (Å²) in [4.78, 5) is 15.5. The second-order valence-corrected chi connectivity index (χ2v) is 9.88. The summed E-state index contributed by atoms with van der Waals surface area (Å²) in [7, 11) is 3.16. The van der Waals surface area contributed by atoms with E-state index in [1.807, 2.05) is 48.5 Å². The number of allylic oxidation sites excluding steroid dienone is 2. The lowest BCUT2D eigenvalue weighted by atomic mass is 9.73. The number of Topliss-reactive ketones (excluding diaryl/α,β-unsaturated/α-hetero) is 1. The number of anilines is 1. The van der Waals surface area contributed by atoms with Crippen molar-refractivity contribution in [3.8, 4) is 11.5 Å². The van der Waals surface area contributed by atoms with Crippen LogP contribution >= 0.6 is 15.9 Å². The fourth-order valence-corrected chi connectivity index (χ4v) is 5.46. The maximum absolute atomic E-state index is 13.7. The van der Waals surface area contributed by atoms with Crippen LogP contribution in [0.3, 0.4) is 0 Å². The lowest BCUT2D eigenvalue weighted by Gasteiger charge is -2.42. The maximum atomic E-state index is 13.7. The van der Waals surface area contributed by atoms with E-state index in [9.17, 15) is 15.3 Å². The Morgan fingerprint density at radius 2 is 1.73 bits per heavy atom. The number of hydrogen-bond donors (Lipinski definition) is 2. The number of carbonyl (C=O) groups is 1. The SMILES string of the molecule is COc1ccc(OC)c([C@H]2C(=C(O)c3ccccc3)C(=N)N(c3ccc(Br)cc3)C3=C2C(=O)CCC3)c1. The first-order valence-electron chi connectivity index (χ1n) is 12.1. The molecule has 0 saturated carbocycles. The minimum absolute atomic E-state index is 0.00379. The molecule has 0 bridgehead atoms. The zero-order chi connectivity index (χ0) is 26.1. The Morgan fingerprint density at radius 1 is 1.00 bits per heavy atom. The molecule has 0 unspecified atom stereocenters. The molecule has 0 saturated heterocycles. The van der Waals surface area contributed by atoms with Gasteiger partial charge in [-0.25, -0.2) is 0 Å². The molecule has 1 atom stereocenters. The summed E-state index contributed by atoms with van der Waals surface area (Å²) >= 11 is 3.48. The molecule has 5 rings (SSSR count). The van der Waals surface area contributed by atoms with Gasteiger partial charge in [0.2, 0.25) is 0 Å². The standard InChI is InChI=1S/C30H27BrN2O4/c1-36-21-15-16-25(37-2)22(17-21)26-27-23(9-6-10-24(27)34)33(20-13-11-19(31)12-14-20)30(32)28(26)29(35)18-7-4-3-5-8-18/h3-5,7-8,11-17,26,32,35H,6,9-10H2,1-2H3/t26-/m1/s1. The van der Waals surface area contributed by atoms with Crippen molar-refractivity contribution >= 4 is 39.0 Å². The third-order valence-corrected chi connectivity index (χ3v) is 7.42. The van der Waals surface area contributed by atoms with Crippen molar-refractivity contribution in [1.82, 2.24) is 0 Å². The van der Waals surface area contributed by atoms with E-state index >= 15 is 0 Å². The van der Waals surface area contributed by atoms with Gasteiger partial charge < -0.3 is 14.6 Å². The molecule has 37 heavy (non-hydrogen) atoms. The number of halogens is 1. The van der Waals surface area contributed by atoms with E-state index in [1.54, 1.807) is 43.4 Å². The van der Waals surface area contributed by atoms with E-state index < -0.39 is 5.92 Å². The Hall–Kier alpha value is -3.84. The average Bonchev–Trinajstić information content (AvgIpc) is 2.93. The minimum Gasteiger partial charge on any atom is -0.507 e. The molecule has 3 aromatic rings. The van der Waals surface area contributed by atoms with Crippen LogP contribution in [-0.4, -0.2) is 30.9 Å². The molecule has 0 fully saturated rings. The van der Waals surface area contributed by atoms with E-state index in [0.717, 1.165) is 15.9 Å². The minimum atomic E-state index is -0.702. The molecule has 0 radical (unpaired) electrons. The molecular weight excluding hydrogens is 532 g/mol. The van der Waals surface area contributed by atoms with Crippen LogP contribution in [0.5, 0.6) is 11.5 Å². The largest absolute Gasteiger partial charge is 0.507 e. The van der Waals surface area contributed by atoms with Crippen LogP contribution in [0, 0.1) is 5.41 Å². The molecule has 2 aliphatic rings. The second kappa shape index (κ2) is 10.3. The lowest BCUT2D eigenvalue weighted by molar-refractivity contribution is -0.116. The lowest BCUT2D eigenvalue weighted by Crippen LogP contribution is -2.42. The fourth-order valence-electron chi connectivity index (χ4n) is 5.19. The number of amidine groups is 1. The van der Waals surface area contributed by atoms with E-state index in [0.29, 0.717) is 53.0 Å². The molecule has 0 amide bonds. The highest BCUT2D eigenvalue weighted by Crippen LogP contribution is 2.50. The van der Waals surface area contributed by atoms with Crippen LogP contribution in [0.15, 0.2) is 94.1 Å². The predicted octanol–water partition coefficient (Wildman–Crippen LogP) is 7.02. The van der Waals surface area contributed by atoms with Gasteiger partial charge >= 0.3 is 0 Å². The number of aliphatic hydroxyl groups is 1. The number of aliphatic hydroxyl groups excluding tert-OH is 1. The van der Waals surface area contributed by atoms with Gasteiger partial charge in [-0.3, -0.25) is 15.1 Å². The first-order chi connectivity index (χ1) is 17.9. The van der Waals surface area contributed by atoms with Crippen LogP contribution in [-0.2, 0) is 4.79 Å². The van der Waals surface area contributed by atoms with E-state index in [1.165, 1.54) is 0 Å². The summed E-state index contributed by atoms with van der Waals surface area (Å²) in [6, 6.07) is 22.2. The van der Waals surface area contributed by atoms with Crippen molar-refractivity contribution in [2.75, 3.05) is 19.1 Å². The molecule has 188 valence electrons. The number of carbonyl (C=O) groups excluding carboxylic acids is 1. The third kappa shape index (κ3) is 4.44. The highest BCUT2D eigenvalue weighted by Gasteiger charge is 2.44. The number of ether oxygens (including phenoxy) is 2. The number of nitrogens with one attached hydrogen (secondary N) is 1. The van der Waals surface area contributed by atoms with Crippen molar-refractivity contribution in [2.24, 2.45) is 0 Å². The van der Waals surface area contributed by atoms with Crippen LogP contribution in [0.4, 0.5) is 5.69 Å². The normalized spacial score (nSPS) is 19.0. The van der Waals surface area contributed by atoms with E-state index in [-0.39, 0.29) is 17.4 Å². The molecule has 1 aliphatic carbocycles. The molecule has 1 heterocycles. The van der Waals surface area contributed by atoms with Crippen molar-refractivity contribution < 1.29 is 19.4 Å². The number of methoxy groups -OCH3 is 2. The highest BCUT2D eigenvalue weighted by atomic mass is 79.9. The predicted molar refractivity (Wildman–Crippen MR) is 149 cm³/mol. The highest BCUT2D eigenvalue weighted by molar-refractivity contribution is 9.10.